The fourth-order valence-electron chi connectivity index (χ4n) is 6.27. The van der Waals surface area contributed by atoms with Gasteiger partial charge in [-0.25, -0.2) is 9.78 Å². The summed E-state index contributed by atoms with van der Waals surface area (Å²) in [6.45, 7) is 5.35. The topological polar surface area (TPSA) is 120 Å². The van der Waals surface area contributed by atoms with Crippen molar-refractivity contribution in [1.82, 2.24) is 30.4 Å². The molecule has 1 aliphatic heterocycles. The van der Waals surface area contributed by atoms with E-state index in [1.807, 2.05) is 66.7 Å². The number of halogens is 1. The zero-order chi connectivity index (χ0) is 32.3. The fourth-order valence-corrected chi connectivity index (χ4v) is 6.46. The van der Waals surface area contributed by atoms with Crippen LogP contribution in [0.5, 0.6) is 5.88 Å². The molecule has 0 bridgehead atoms. The molecule has 6 rings (SSSR count). The largest absolute Gasteiger partial charge is 0.474 e. The number of benzene rings is 2. The molecule has 0 unspecified atom stereocenters. The van der Waals surface area contributed by atoms with Crippen LogP contribution in [0.15, 0.2) is 72.9 Å². The third kappa shape index (κ3) is 7.50. The molecule has 0 saturated heterocycles. The van der Waals surface area contributed by atoms with Crippen LogP contribution in [0.4, 0.5) is 4.79 Å². The van der Waals surface area contributed by atoms with E-state index in [0.717, 1.165) is 48.6 Å². The molecule has 11 heteroatoms. The Morgan fingerprint density at radius 3 is 2.43 bits per heavy atom. The van der Waals surface area contributed by atoms with Crippen molar-refractivity contribution in [3.63, 3.8) is 0 Å². The van der Waals surface area contributed by atoms with Crippen LogP contribution < -0.4 is 15.4 Å². The summed E-state index contributed by atoms with van der Waals surface area (Å²) >= 11 is 6.49. The second-order valence-corrected chi connectivity index (χ2v) is 13.4. The predicted molar refractivity (Wildman–Crippen MR) is 174 cm³/mol. The SMILES string of the molecule is CC(C)(C)OC(=O)N[C@@H](C(=O)N[C@@H]1Cc2cc(Cl)ccc2-n2c(nnc2C2CCC(Oc3ccccn3)CC2)C1)c1ccccc1. The van der Waals surface area contributed by atoms with Gasteiger partial charge in [0.15, 0.2) is 0 Å². The fraction of sp³-hybridized carbons (Fsp3) is 0.400. The first-order valence-electron chi connectivity index (χ1n) is 15.8. The number of nitrogens with one attached hydrogen (secondary N) is 2. The van der Waals surface area contributed by atoms with Gasteiger partial charge in [-0.2, -0.15) is 0 Å². The summed E-state index contributed by atoms with van der Waals surface area (Å²) in [6.07, 6.45) is 5.77. The van der Waals surface area contributed by atoms with Gasteiger partial charge in [0.1, 0.15) is 29.4 Å². The molecule has 0 spiro atoms. The maximum Gasteiger partial charge on any atom is 0.408 e. The Hall–Kier alpha value is -4.44. The molecular weight excluding hydrogens is 604 g/mol. The van der Waals surface area contributed by atoms with E-state index in [1.165, 1.54) is 0 Å². The van der Waals surface area contributed by atoms with E-state index in [2.05, 4.69) is 25.3 Å². The molecule has 2 aromatic carbocycles. The van der Waals surface area contributed by atoms with Crippen molar-refractivity contribution < 1.29 is 19.1 Å². The Morgan fingerprint density at radius 2 is 1.72 bits per heavy atom. The maximum absolute atomic E-state index is 13.9. The minimum absolute atomic E-state index is 0.107. The van der Waals surface area contributed by atoms with Crippen molar-refractivity contribution in [3.05, 3.63) is 101 Å². The van der Waals surface area contributed by atoms with Gasteiger partial charge in [0.2, 0.25) is 11.8 Å². The van der Waals surface area contributed by atoms with Crippen molar-refractivity contribution >= 4 is 23.6 Å². The molecule has 2 amide bonds. The van der Waals surface area contributed by atoms with Crippen LogP contribution in [0.1, 0.15) is 81.2 Å². The molecule has 4 aromatic rings. The van der Waals surface area contributed by atoms with E-state index in [-0.39, 0.29) is 24.0 Å². The van der Waals surface area contributed by atoms with Crippen molar-refractivity contribution in [1.29, 1.82) is 0 Å². The second-order valence-electron chi connectivity index (χ2n) is 12.9. The summed E-state index contributed by atoms with van der Waals surface area (Å²) in [5, 5.41) is 15.9. The second kappa shape index (κ2) is 13.5. The van der Waals surface area contributed by atoms with Gasteiger partial charge >= 0.3 is 6.09 Å². The van der Waals surface area contributed by atoms with Crippen LogP contribution >= 0.6 is 11.6 Å². The summed E-state index contributed by atoms with van der Waals surface area (Å²) in [6, 6.07) is 19.4. The third-order valence-corrected chi connectivity index (χ3v) is 8.54. The van der Waals surface area contributed by atoms with Crippen LogP contribution in [0.3, 0.4) is 0 Å². The Balaban J connectivity index is 1.22. The number of aromatic nitrogens is 4. The minimum atomic E-state index is -0.949. The maximum atomic E-state index is 13.9. The highest BCUT2D eigenvalue weighted by Gasteiger charge is 2.34. The lowest BCUT2D eigenvalue weighted by Gasteiger charge is -2.28. The highest BCUT2D eigenvalue weighted by Crippen LogP contribution is 2.37. The number of nitrogens with zero attached hydrogens (tertiary/aromatic N) is 4. The Kier molecular flexibility index (Phi) is 9.26. The highest BCUT2D eigenvalue weighted by atomic mass is 35.5. The smallest absolute Gasteiger partial charge is 0.408 e. The van der Waals surface area contributed by atoms with E-state index >= 15 is 0 Å². The first-order chi connectivity index (χ1) is 22.1. The number of carbonyl (C=O) groups excluding carboxylic acids is 2. The Morgan fingerprint density at radius 1 is 0.957 bits per heavy atom. The molecule has 2 atom stereocenters. The molecule has 10 nitrogen and oxygen atoms in total. The number of ether oxygens (including phenoxy) is 2. The van der Waals surface area contributed by atoms with Crippen molar-refractivity contribution in [3.8, 4) is 11.6 Å². The van der Waals surface area contributed by atoms with Gasteiger partial charge in [-0.1, -0.05) is 48.0 Å². The lowest BCUT2D eigenvalue weighted by atomic mass is 9.86. The first-order valence-corrected chi connectivity index (χ1v) is 16.2. The normalized spacial score (nSPS) is 20.0. The first kappa shape index (κ1) is 31.5. The molecular formula is C35H39ClN6O4. The van der Waals surface area contributed by atoms with Crippen LogP contribution in [-0.2, 0) is 22.4 Å². The zero-order valence-corrected chi connectivity index (χ0v) is 27.0. The number of alkyl carbamates (subject to hydrolysis) is 1. The number of hydrogen-bond acceptors (Lipinski definition) is 7. The predicted octanol–water partition coefficient (Wildman–Crippen LogP) is 6.27. The molecule has 240 valence electrons. The summed E-state index contributed by atoms with van der Waals surface area (Å²) < 4.78 is 13.8. The summed E-state index contributed by atoms with van der Waals surface area (Å²) in [5.41, 5.74) is 1.89. The highest BCUT2D eigenvalue weighted by molar-refractivity contribution is 6.30. The summed E-state index contributed by atoms with van der Waals surface area (Å²) in [5.74, 6) is 2.20. The zero-order valence-electron chi connectivity index (χ0n) is 26.3. The van der Waals surface area contributed by atoms with Crippen LogP contribution in [0.2, 0.25) is 5.02 Å². The van der Waals surface area contributed by atoms with Crippen molar-refractivity contribution in [2.24, 2.45) is 0 Å². The Labute approximate surface area is 273 Å². The molecule has 3 heterocycles. The average molecular weight is 643 g/mol. The quantitative estimate of drug-likeness (QED) is 0.244. The van der Waals surface area contributed by atoms with Crippen LogP contribution in [-0.4, -0.2) is 49.5 Å². The lowest BCUT2D eigenvalue weighted by molar-refractivity contribution is -0.124. The van der Waals surface area contributed by atoms with Crippen LogP contribution in [0, 0.1) is 0 Å². The van der Waals surface area contributed by atoms with Crippen molar-refractivity contribution in [2.75, 3.05) is 0 Å². The molecule has 1 aliphatic carbocycles. The van der Waals surface area contributed by atoms with E-state index in [4.69, 9.17) is 26.2 Å². The lowest BCUT2D eigenvalue weighted by Crippen LogP contribution is -2.46. The minimum Gasteiger partial charge on any atom is -0.474 e. The van der Waals surface area contributed by atoms with Gasteiger partial charge in [-0.15, -0.1) is 10.2 Å². The van der Waals surface area contributed by atoms with Crippen molar-refractivity contribution in [2.45, 2.75) is 89.0 Å². The number of amides is 2. The van der Waals surface area contributed by atoms with Crippen LogP contribution in [0.25, 0.3) is 5.69 Å². The van der Waals surface area contributed by atoms with Gasteiger partial charge in [0, 0.05) is 35.7 Å². The number of rotatable bonds is 7. The molecule has 2 aliphatic rings. The van der Waals surface area contributed by atoms with E-state index in [9.17, 15) is 9.59 Å². The van der Waals surface area contributed by atoms with Gasteiger partial charge < -0.3 is 20.1 Å². The monoisotopic (exact) mass is 642 g/mol. The molecule has 2 N–H and O–H groups in total. The average Bonchev–Trinajstić information content (AvgIpc) is 3.36. The number of pyridine rings is 1. The van der Waals surface area contributed by atoms with Gasteiger partial charge in [-0.3, -0.25) is 9.36 Å². The van der Waals surface area contributed by atoms with Gasteiger partial charge in [0.25, 0.3) is 0 Å². The molecule has 1 saturated carbocycles. The third-order valence-electron chi connectivity index (χ3n) is 8.30. The molecule has 46 heavy (non-hydrogen) atoms. The number of fused-ring (bicyclic) bond motifs is 3. The number of carbonyl (C=O) groups is 2. The Bertz CT molecular complexity index is 1670. The standard InChI is InChI=1S/C35H39ClN6O4/c1-35(2,3)46-34(44)39-31(22-9-5-4-6-10-22)33(43)38-26-20-24-19-25(36)14-17-28(24)42-29(21-26)40-41-32(42)23-12-15-27(16-13-23)45-30-11-7-8-18-37-30/h4-11,14,17-19,23,26-27,31H,12-13,15-16,20-21H2,1-3H3,(H,38,43)(H,39,44)/t23?,26-,27?,31-/m1/s1. The molecule has 0 radical (unpaired) electrons. The van der Waals surface area contributed by atoms with Gasteiger partial charge in [-0.05, 0) is 88.3 Å². The summed E-state index contributed by atoms with van der Waals surface area (Å²) in [4.78, 5) is 30.9. The molecule has 1 fully saturated rings. The van der Waals surface area contributed by atoms with Gasteiger partial charge in [0.05, 0.1) is 5.69 Å². The van der Waals surface area contributed by atoms with E-state index in [0.29, 0.717) is 29.3 Å². The summed E-state index contributed by atoms with van der Waals surface area (Å²) in [7, 11) is 0. The number of hydrogen-bond donors (Lipinski definition) is 2. The molecule has 2 aromatic heterocycles. The van der Waals surface area contributed by atoms with E-state index in [1.54, 1.807) is 27.0 Å². The van der Waals surface area contributed by atoms with E-state index < -0.39 is 17.7 Å².